The molecule has 1 aliphatic carbocycles. The first-order valence-corrected chi connectivity index (χ1v) is 8.37. The third kappa shape index (κ3) is 6.55. The molecule has 140 valence electrons. The summed E-state index contributed by atoms with van der Waals surface area (Å²) in [6.07, 6.45) is 0. The zero-order valence-corrected chi connectivity index (χ0v) is 15.7. The van der Waals surface area contributed by atoms with Crippen LogP contribution in [-0.2, 0) is 5.41 Å². The lowest BCUT2D eigenvalue weighted by molar-refractivity contribution is 0.368. The van der Waals surface area contributed by atoms with Crippen molar-refractivity contribution < 1.29 is 21.7 Å². The Morgan fingerprint density at radius 2 is 1.52 bits per heavy atom. The quantitative estimate of drug-likeness (QED) is 0.414. The topological polar surface area (TPSA) is 16.1 Å². The van der Waals surface area contributed by atoms with Gasteiger partial charge < -0.3 is 21.7 Å². The number of benzene rings is 1. The molecule has 7 heteroatoms. The molecule has 0 spiro atoms. The Bertz CT molecular complexity index is 732. The van der Waals surface area contributed by atoms with Crippen LogP contribution in [0.5, 0.6) is 0 Å². The number of halogens is 4. The van der Waals surface area contributed by atoms with Crippen LogP contribution in [0, 0.1) is 6.92 Å². The van der Waals surface area contributed by atoms with Crippen molar-refractivity contribution in [2.75, 3.05) is 13.1 Å². The maximum absolute atomic E-state index is 9.75. The molecule has 0 N–H and O–H groups in total. The van der Waals surface area contributed by atoms with E-state index in [0.717, 1.165) is 24.6 Å². The fourth-order valence-corrected chi connectivity index (χ4v) is 2.50. The summed E-state index contributed by atoms with van der Waals surface area (Å²) in [5.74, 6) is 2.03. The van der Waals surface area contributed by atoms with Gasteiger partial charge in [-0.15, -0.1) is 0 Å². The Hall–Kier alpha value is -1.79. The van der Waals surface area contributed by atoms with Crippen LogP contribution in [0.3, 0.4) is 0 Å². The van der Waals surface area contributed by atoms with Crippen molar-refractivity contribution in [1.82, 2.24) is 4.58 Å². The lowest BCUT2D eigenvalue weighted by atomic mass is 9.91. The molecular weight excluding hydrogens is 333 g/mol. The van der Waals surface area contributed by atoms with Crippen LogP contribution >= 0.6 is 0 Å². The van der Waals surface area contributed by atoms with Gasteiger partial charge in [-0.1, -0.05) is 20.8 Å². The predicted molar refractivity (Wildman–Crippen MR) is 95.3 cm³/mol. The third-order valence-electron chi connectivity index (χ3n) is 3.83. The molecule has 1 heterocycles. The van der Waals surface area contributed by atoms with E-state index in [4.69, 9.17) is 4.42 Å². The van der Waals surface area contributed by atoms with Crippen LogP contribution in [0.2, 0.25) is 0 Å². The number of aryl methyl sites for hydroxylation is 1. The highest BCUT2D eigenvalue weighted by Crippen LogP contribution is 2.31. The highest BCUT2D eigenvalue weighted by Gasteiger charge is 2.21. The van der Waals surface area contributed by atoms with Crippen LogP contribution in [0.1, 0.15) is 45.9 Å². The Balaban J connectivity index is 0.000000550. The summed E-state index contributed by atoms with van der Waals surface area (Å²) in [5.41, 5.74) is 2.51. The van der Waals surface area contributed by atoms with E-state index in [0.29, 0.717) is 0 Å². The molecule has 0 aromatic carbocycles. The van der Waals surface area contributed by atoms with Gasteiger partial charge >= 0.3 is 7.25 Å². The molecular formula is C18H26BF4NO. The van der Waals surface area contributed by atoms with E-state index in [2.05, 4.69) is 70.4 Å². The molecule has 2 nitrogen and oxygen atoms in total. The molecule has 2 aliphatic rings. The van der Waals surface area contributed by atoms with E-state index < -0.39 is 7.25 Å². The lowest BCUT2D eigenvalue weighted by Gasteiger charge is -2.20. The Morgan fingerprint density at radius 1 is 1.00 bits per heavy atom. The van der Waals surface area contributed by atoms with Gasteiger partial charge in [0.1, 0.15) is 24.6 Å². The first kappa shape index (κ1) is 21.3. The average Bonchev–Trinajstić information content (AvgIpc) is 2.45. The molecule has 25 heavy (non-hydrogen) atoms. The summed E-state index contributed by atoms with van der Waals surface area (Å²) in [6, 6.07) is 8.70. The Labute approximate surface area is 146 Å². The minimum absolute atomic E-state index is 0.0319. The summed E-state index contributed by atoms with van der Waals surface area (Å²) in [6.45, 7) is 15.1. The van der Waals surface area contributed by atoms with Crippen molar-refractivity contribution in [2.24, 2.45) is 0 Å². The van der Waals surface area contributed by atoms with Gasteiger partial charge in [0.05, 0.1) is 6.07 Å². The van der Waals surface area contributed by atoms with Gasteiger partial charge in [-0.25, -0.2) is 4.58 Å². The standard InChI is InChI=1S/C18H26NO.BF4/c1-7-19(8-2)14-9-10-15-13(3)11-17(18(4,5)6)20-16(15)12-14;2-1(3,4)5/h9-12H,7-8H2,1-6H3;/q+1;-1. The molecule has 0 bridgehead atoms. The fraction of sp³-hybridized carbons (Fsp3) is 0.500. The molecule has 0 saturated heterocycles. The van der Waals surface area contributed by atoms with Gasteiger partial charge in [-0.3, -0.25) is 0 Å². The monoisotopic (exact) mass is 359 g/mol. The lowest BCUT2D eigenvalue weighted by Crippen LogP contribution is -2.29. The molecule has 0 aromatic heterocycles. The smallest absolute Gasteiger partial charge is 0.460 e. The second-order valence-electron chi connectivity index (χ2n) is 6.89. The second-order valence-corrected chi connectivity index (χ2v) is 6.89. The maximum atomic E-state index is 9.75. The van der Waals surface area contributed by atoms with Crippen molar-refractivity contribution in [3.05, 3.63) is 40.9 Å². The third-order valence-corrected chi connectivity index (χ3v) is 3.83. The van der Waals surface area contributed by atoms with Gasteiger partial charge in [-0.05, 0) is 38.5 Å². The van der Waals surface area contributed by atoms with E-state index in [1.165, 1.54) is 16.5 Å². The summed E-state index contributed by atoms with van der Waals surface area (Å²) in [7, 11) is -6.00. The van der Waals surface area contributed by atoms with Crippen molar-refractivity contribution in [3.8, 4) is 11.3 Å². The van der Waals surface area contributed by atoms with Crippen LogP contribution < -0.4 is 9.93 Å². The molecule has 0 atom stereocenters. The predicted octanol–water partition coefficient (Wildman–Crippen LogP) is 5.10. The van der Waals surface area contributed by atoms with Gasteiger partial charge in [0, 0.05) is 17.0 Å². The van der Waals surface area contributed by atoms with Gasteiger partial charge in [0.25, 0.3) is 0 Å². The second kappa shape index (κ2) is 8.06. The van der Waals surface area contributed by atoms with Crippen molar-refractivity contribution in [2.45, 2.75) is 47.0 Å². The van der Waals surface area contributed by atoms with E-state index in [1.807, 2.05) is 0 Å². The summed E-state index contributed by atoms with van der Waals surface area (Å²) in [5, 5.41) is 1.23. The molecule has 2 rings (SSSR count). The van der Waals surface area contributed by atoms with Crippen molar-refractivity contribution >= 4 is 7.25 Å². The minimum Gasteiger partial charge on any atom is -0.460 e. The van der Waals surface area contributed by atoms with Crippen LogP contribution in [-0.4, -0.2) is 20.3 Å². The van der Waals surface area contributed by atoms with Crippen molar-refractivity contribution in [1.29, 1.82) is 0 Å². The molecule has 0 fully saturated rings. The van der Waals surface area contributed by atoms with Crippen LogP contribution in [0.4, 0.5) is 17.3 Å². The molecule has 0 saturated carbocycles. The van der Waals surface area contributed by atoms with E-state index in [1.54, 1.807) is 0 Å². The largest absolute Gasteiger partial charge is 0.673 e. The maximum Gasteiger partial charge on any atom is 0.673 e. The normalized spacial score (nSPS) is 11.9. The number of nitrogens with zero attached hydrogens (tertiary/aromatic N) is 1. The average molecular weight is 359 g/mol. The summed E-state index contributed by atoms with van der Waals surface area (Å²) in [4.78, 5) is 0. The Morgan fingerprint density at radius 3 is 1.96 bits per heavy atom. The Kier molecular flexibility index (Phi) is 6.86. The van der Waals surface area contributed by atoms with Crippen molar-refractivity contribution in [3.63, 3.8) is 0 Å². The molecule has 0 amide bonds. The number of rotatable bonds is 2. The first-order valence-electron chi connectivity index (χ1n) is 8.37. The van der Waals surface area contributed by atoms with E-state index in [9.17, 15) is 17.3 Å². The molecule has 1 aliphatic heterocycles. The van der Waals surface area contributed by atoms with Gasteiger partial charge in [0.15, 0.2) is 0 Å². The zero-order chi connectivity index (χ0) is 19.4. The van der Waals surface area contributed by atoms with Gasteiger partial charge in [-0.2, -0.15) is 0 Å². The highest BCUT2D eigenvalue weighted by molar-refractivity contribution is 6.50. The zero-order valence-electron chi connectivity index (χ0n) is 15.7. The summed E-state index contributed by atoms with van der Waals surface area (Å²) < 4.78 is 47.5. The van der Waals surface area contributed by atoms with E-state index >= 15 is 0 Å². The van der Waals surface area contributed by atoms with E-state index in [-0.39, 0.29) is 5.41 Å². The minimum atomic E-state index is -6.00. The number of hydrogen-bond donors (Lipinski definition) is 0. The fourth-order valence-electron chi connectivity index (χ4n) is 2.50. The van der Waals surface area contributed by atoms with Gasteiger partial charge in [0.2, 0.25) is 5.36 Å². The SMILES string of the molecule is CC[N+](CC)=c1ccc2c(C)cc(C(C)(C)C)oc-2c1.F[B-](F)(F)F. The highest BCUT2D eigenvalue weighted by atomic mass is 19.5. The molecule has 0 radical (unpaired) electrons. The molecule has 0 aromatic rings. The number of fused-ring (bicyclic) bond motifs is 1. The van der Waals surface area contributed by atoms with Crippen LogP contribution in [0.15, 0.2) is 28.7 Å². The van der Waals surface area contributed by atoms with Crippen LogP contribution in [0.25, 0.3) is 11.3 Å². The first-order chi connectivity index (χ1) is 11.4. The number of hydrogen-bond acceptors (Lipinski definition) is 1. The summed E-state index contributed by atoms with van der Waals surface area (Å²) >= 11 is 0. The molecule has 0 unspecified atom stereocenters.